The Hall–Kier alpha value is -2.65. The zero-order valence-electron chi connectivity index (χ0n) is 20.1. The molecule has 10 heteroatoms. The summed E-state index contributed by atoms with van der Waals surface area (Å²) in [5.74, 6) is -3.51. The number of carbonyl (C=O) groups excluding carboxylic acids is 2. The summed E-state index contributed by atoms with van der Waals surface area (Å²) in [6, 6.07) is 14.7. The number of piperazine rings is 1. The smallest absolute Gasteiger partial charge is 0.254 e. The van der Waals surface area contributed by atoms with E-state index < -0.39 is 34.3 Å². The molecule has 3 aromatic rings. The second kappa shape index (κ2) is 11.4. The topological polar surface area (TPSA) is 63.7 Å². The van der Waals surface area contributed by atoms with Crippen molar-refractivity contribution >= 4 is 51.8 Å². The molecule has 194 valence electrons. The summed E-state index contributed by atoms with van der Waals surface area (Å²) in [7, 11) is 0. The molecule has 0 radical (unpaired) electrons. The maximum atomic E-state index is 13.4. The van der Waals surface area contributed by atoms with Crippen LogP contribution in [0.1, 0.15) is 34.6 Å². The molecule has 1 heterocycles. The highest BCUT2D eigenvalue weighted by Crippen LogP contribution is 2.29. The van der Waals surface area contributed by atoms with Crippen LogP contribution in [0.3, 0.4) is 0 Å². The van der Waals surface area contributed by atoms with Crippen LogP contribution < -0.4 is 4.90 Å². The zero-order chi connectivity index (χ0) is 26.9. The summed E-state index contributed by atoms with van der Waals surface area (Å²) in [4.78, 5) is 29.9. The van der Waals surface area contributed by atoms with E-state index in [0.717, 1.165) is 23.9 Å². The van der Waals surface area contributed by atoms with Crippen molar-refractivity contribution in [1.82, 2.24) is 4.90 Å². The molecule has 0 saturated carbocycles. The van der Waals surface area contributed by atoms with Gasteiger partial charge in [-0.15, -0.1) is 0 Å². The summed E-state index contributed by atoms with van der Waals surface area (Å²) in [5, 5.41) is 0.732. The average Bonchev–Trinajstić information content (AvgIpc) is 2.86. The number of ketones is 1. The first-order valence-electron chi connectivity index (χ1n) is 11.6. The van der Waals surface area contributed by atoms with E-state index in [1.807, 2.05) is 38.1 Å². The molecule has 0 aliphatic carbocycles. The van der Waals surface area contributed by atoms with Gasteiger partial charge in [0.25, 0.3) is 5.91 Å². The predicted octanol–water partition coefficient (Wildman–Crippen LogP) is 6.00. The summed E-state index contributed by atoms with van der Waals surface area (Å²) in [6.07, 6.45) is 0. The maximum absolute atomic E-state index is 13.4. The van der Waals surface area contributed by atoms with Crippen LogP contribution in [0.4, 0.5) is 14.5 Å². The molecule has 37 heavy (non-hydrogen) atoms. The number of hydrogen-bond donors (Lipinski definition) is 0. The third-order valence-corrected chi connectivity index (χ3v) is 8.62. The zero-order valence-corrected chi connectivity index (χ0v) is 22.4. The Morgan fingerprint density at radius 2 is 1.68 bits per heavy atom. The van der Waals surface area contributed by atoms with Gasteiger partial charge >= 0.3 is 0 Å². The molecule has 0 bridgehead atoms. The normalized spacial score (nSPS) is 18.6. The molecule has 1 amide bonds. The highest BCUT2D eigenvalue weighted by molar-refractivity contribution is 7.92. The lowest BCUT2D eigenvalue weighted by molar-refractivity contribution is 0.0634. The van der Waals surface area contributed by atoms with Crippen LogP contribution >= 0.6 is 23.2 Å². The minimum absolute atomic E-state index is 0.0285. The number of benzene rings is 3. The molecule has 1 aliphatic rings. The fourth-order valence-corrected chi connectivity index (χ4v) is 6.06. The SMILES string of the molecule is C[C@H]1[C@H](C)N(c2cccc(Cl)c2)CCN1C(=O)c1ccc([S+]([O-])CC(=O)c2ccc(F)c(F)c2)c(Cl)c1. The predicted molar refractivity (Wildman–Crippen MR) is 142 cm³/mol. The molecule has 1 unspecified atom stereocenters. The van der Waals surface area contributed by atoms with Crippen LogP contribution in [0, 0.1) is 11.6 Å². The highest BCUT2D eigenvalue weighted by Gasteiger charge is 2.34. The molecule has 0 aromatic heterocycles. The summed E-state index contributed by atoms with van der Waals surface area (Å²) < 4.78 is 39.4. The van der Waals surface area contributed by atoms with Gasteiger partial charge in [0, 0.05) is 47.0 Å². The fraction of sp³-hybridized carbons (Fsp3) is 0.259. The third-order valence-electron chi connectivity index (χ3n) is 6.59. The van der Waals surface area contributed by atoms with Crippen LogP contribution in [0.2, 0.25) is 10.0 Å². The van der Waals surface area contributed by atoms with Crippen LogP contribution in [0.25, 0.3) is 0 Å². The Balaban J connectivity index is 1.45. The van der Waals surface area contributed by atoms with Gasteiger partial charge in [-0.3, -0.25) is 9.59 Å². The number of halogens is 4. The van der Waals surface area contributed by atoms with E-state index in [-0.39, 0.29) is 33.5 Å². The van der Waals surface area contributed by atoms with E-state index >= 15 is 0 Å². The quantitative estimate of drug-likeness (QED) is 0.272. The lowest BCUT2D eigenvalue weighted by Crippen LogP contribution is -2.59. The number of hydrogen-bond acceptors (Lipinski definition) is 4. The Morgan fingerprint density at radius 3 is 2.35 bits per heavy atom. The van der Waals surface area contributed by atoms with Crippen molar-refractivity contribution in [2.24, 2.45) is 0 Å². The van der Waals surface area contributed by atoms with Crippen molar-refractivity contribution < 1.29 is 22.9 Å². The van der Waals surface area contributed by atoms with Crippen molar-refractivity contribution in [2.45, 2.75) is 30.8 Å². The number of rotatable bonds is 6. The van der Waals surface area contributed by atoms with Gasteiger partial charge in [0.1, 0.15) is 0 Å². The van der Waals surface area contributed by atoms with Gasteiger partial charge < -0.3 is 14.4 Å². The number of amides is 1. The van der Waals surface area contributed by atoms with Gasteiger partial charge in [-0.05, 0) is 79.6 Å². The molecule has 3 aromatic carbocycles. The molecule has 5 nitrogen and oxygen atoms in total. The lowest BCUT2D eigenvalue weighted by atomic mass is 10.0. The van der Waals surface area contributed by atoms with Gasteiger partial charge in [-0.2, -0.15) is 0 Å². The van der Waals surface area contributed by atoms with Crippen LogP contribution in [-0.2, 0) is 11.2 Å². The summed E-state index contributed by atoms with van der Waals surface area (Å²) in [5.41, 5.74) is 1.25. The molecule has 0 spiro atoms. The minimum atomic E-state index is -1.84. The molecule has 0 N–H and O–H groups in total. The first-order valence-corrected chi connectivity index (χ1v) is 13.6. The number of carbonyl (C=O) groups is 2. The number of nitrogens with zero attached hydrogens (tertiary/aromatic N) is 2. The minimum Gasteiger partial charge on any atom is -0.611 e. The Morgan fingerprint density at radius 1 is 0.946 bits per heavy atom. The first-order chi connectivity index (χ1) is 17.6. The molecular formula is C27H24Cl2F2N2O3S. The second-order valence-electron chi connectivity index (χ2n) is 8.84. The molecular weight excluding hydrogens is 541 g/mol. The van der Waals surface area contributed by atoms with E-state index in [1.165, 1.54) is 18.2 Å². The Bertz CT molecular complexity index is 1340. The molecule has 4 rings (SSSR count). The average molecular weight is 565 g/mol. The molecule has 1 aliphatic heterocycles. The second-order valence-corrected chi connectivity index (χ2v) is 11.1. The molecule has 3 atom stereocenters. The van der Waals surface area contributed by atoms with Crippen molar-refractivity contribution in [3.05, 3.63) is 93.5 Å². The summed E-state index contributed by atoms with van der Waals surface area (Å²) in [6.45, 7) is 5.15. The van der Waals surface area contributed by atoms with Gasteiger partial charge in [0.2, 0.25) is 5.78 Å². The van der Waals surface area contributed by atoms with Gasteiger partial charge in [-0.25, -0.2) is 8.78 Å². The fourth-order valence-electron chi connectivity index (χ4n) is 4.38. The number of anilines is 1. The van der Waals surface area contributed by atoms with Crippen molar-refractivity contribution in [1.29, 1.82) is 0 Å². The van der Waals surface area contributed by atoms with Gasteiger partial charge in [0.15, 0.2) is 22.3 Å². The van der Waals surface area contributed by atoms with Gasteiger partial charge in [-0.1, -0.05) is 29.3 Å². The maximum Gasteiger partial charge on any atom is 0.254 e. The van der Waals surface area contributed by atoms with Gasteiger partial charge in [0.05, 0.1) is 5.02 Å². The van der Waals surface area contributed by atoms with E-state index in [2.05, 4.69) is 4.90 Å². The van der Waals surface area contributed by atoms with Crippen molar-refractivity contribution in [2.75, 3.05) is 23.7 Å². The monoisotopic (exact) mass is 564 g/mol. The summed E-state index contributed by atoms with van der Waals surface area (Å²) >= 11 is 10.7. The van der Waals surface area contributed by atoms with Crippen LogP contribution in [0.5, 0.6) is 0 Å². The Labute approximate surface area is 227 Å². The molecule has 1 saturated heterocycles. The molecule has 1 fully saturated rings. The van der Waals surface area contributed by atoms with Crippen molar-refractivity contribution in [3.8, 4) is 0 Å². The van der Waals surface area contributed by atoms with Crippen LogP contribution in [-0.4, -0.2) is 52.1 Å². The van der Waals surface area contributed by atoms with Crippen molar-refractivity contribution in [3.63, 3.8) is 0 Å². The third kappa shape index (κ3) is 5.93. The highest BCUT2D eigenvalue weighted by atomic mass is 35.5. The van der Waals surface area contributed by atoms with Crippen LogP contribution in [0.15, 0.2) is 65.6 Å². The lowest BCUT2D eigenvalue weighted by Gasteiger charge is -2.46. The first kappa shape index (κ1) is 27.4. The Kier molecular flexibility index (Phi) is 8.43. The van der Waals surface area contributed by atoms with E-state index in [0.29, 0.717) is 23.7 Å². The number of Topliss-reactive ketones (excluding diaryl/α,β-unsaturated/α-hetero) is 1. The van der Waals surface area contributed by atoms with E-state index in [1.54, 1.807) is 4.90 Å². The largest absolute Gasteiger partial charge is 0.611 e. The standard InChI is InChI=1S/C27H24Cl2F2N2O3S/c1-16-17(2)33(11-10-32(16)21-5-3-4-20(28)14-21)27(35)19-7-9-26(22(29)12-19)37(36)15-25(34)18-6-8-23(30)24(31)13-18/h3-9,12-14,16-17H,10-11,15H2,1-2H3/t16-,17-,37?/m0/s1. The van der Waals surface area contributed by atoms with E-state index in [9.17, 15) is 22.9 Å². The van der Waals surface area contributed by atoms with E-state index in [4.69, 9.17) is 23.2 Å².